The van der Waals surface area contributed by atoms with E-state index in [4.69, 9.17) is 0 Å². The average molecular weight is 222 g/mol. The lowest BCUT2D eigenvalue weighted by Crippen LogP contribution is -2.38. The predicted molar refractivity (Wildman–Crippen MR) is 63.1 cm³/mol. The van der Waals surface area contributed by atoms with Crippen molar-refractivity contribution in [2.75, 3.05) is 19.6 Å². The van der Waals surface area contributed by atoms with Gasteiger partial charge in [0.25, 0.3) is 0 Å². The zero-order valence-corrected chi connectivity index (χ0v) is 9.95. The van der Waals surface area contributed by atoms with Crippen LogP contribution in [-0.2, 0) is 4.79 Å². The van der Waals surface area contributed by atoms with Crippen LogP contribution in [0.15, 0.2) is 0 Å². The monoisotopic (exact) mass is 222 g/mol. The van der Waals surface area contributed by atoms with Crippen molar-refractivity contribution in [2.45, 2.75) is 44.6 Å². The highest BCUT2D eigenvalue weighted by molar-refractivity contribution is 5.79. The zero-order valence-electron chi connectivity index (χ0n) is 9.95. The summed E-state index contributed by atoms with van der Waals surface area (Å²) < 4.78 is 0. The third-order valence-electron chi connectivity index (χ3n) is 4.63. The van der Waals surface area contributed by atoms with Crippen LogP contribution in [0.4, 0.5) is 0 Å². The number of fused-ring (bicyclic) bond motifs is 1. The molecule has 0 spiro atoms. The van der Waals surface area contributed by atoms with E-state index in [0.717, 1.165) is 38.4 Å². The van der Waals surface area contributed by atoms with Crippen molar-refractivity contribution in [1.29, 1.82) is 0 Å². The number of rotatable bonds is 1. The molecule has 3 aliphatic rings. The minimum absolute atomic E-state index is 0.354. The highest BCUT2D eigenvalue weighted by atomic mass is 16.2. The number of hydrogen-bond donors (Lipinski definition) is 1. The van der Waals surface area contributed by atoms with Gasteiger partial charge in [0, 0.05) is 25.0 Å². The molecule has 1 amide bonds. The SMILES string of the molecule is O=C(C1CCCCC1)N1C[C@@H]2CCN[C@@H]2C1. The van der Waals surface area contributed by atoms with E-state index in [-0.39, 0.29) is 0 Å². The summed E-state index contributed by atoms with van der Waals surface area (Å²) in [5.41, 5.74) is 0. The van der Waals surface area contributed by atoms with Gasteiger partial charge < -0.3 is 10.2 Å². The van der Waals surface area contributed by atoms with Crippen LogP contribution in [0.3, 0.4) is 0 Å². The molecule has 16 heavy (non-hydrogen) atoms. The second-order valence-electron chi connectivity index (χ2n) is 5.69. The van der Waals surface area contributed by atoms with Crippen LogP contribution >= 0.6 is 0 Å². The van der Waals surface area contributed by atoms with E-state index >= 15 is 0 Å². The Morgan fingerprint density at radius 2 is 1.88 bits per heavy atom. The second-order valence-corrected chi connectivity index (χ2v) is 5.69. The lowest BCUT2D eigenvalue weighted by atomic mass is 9.88. The fourth-order valence-corrected chi connectivity index (χ4v) is 3.64. The van der Waals surface area contributed by atoms with Gasteiger partial charge in [0.05, 0.1) is 0 Å². The summed E-state index contributed by atoms with van der Waals surface area (Å²) in [5, 5.41) is 3.51. The molecular formula is C13H22N2O. The Labute approximate surface area is 97.6 Å². The fourth-order valence-electron chi connectivity index (χ4n) is 3.64. The molecule has 0 radical (unpaired) electrons. The van der Waals surface area contributed by atoms with Gasteiger partial charge in [-0.2, -0.15) is 0 Å². The molecule has 1 saturated carbocycles. The van der Waals surface area contributed by atoms with Crippen molar-refractivity contribution >= 4 is 5.91 Å². The molecule has 1 N–H and O–H groups in total. The third kappa shape index (κ3) is 1.86. The van der Waals surface area contributed by atoms with Crippen LogP contribution in [-0.4, -0.2) is 36.5 Å². The molecule has 0 unspecified atom stereocenters. The summed E-state index contributed by atoms with van der Waals surface area (Å²) in [4.78, 5) is 14.5. The molecule has 0 aromatic rings. The summed E-state index contributed by atoms with van der Waals surface area (Å²) in [6, 6.07) is 0.604. The number of likely N-dealkylation sites (tertiary alicyclic amines) is 1. The molecule has 2 heterocycles. The van der Waals surface area contributed by atoms with E-state index in [0.29, 0.717) is 17.9 Å². The molecular weight excluding hydrogens is 200 g/mol. The molecule has 0 bridgehead atoms. The van der Waals surface area contributed by atoms with Gasteiger partial charge in [0.2, 0.25) is 5.91 Å². The van der Waals surface area contributed by atoms with Gasteiger partial charge >= 0.3 is 0 Å². The van der Waals surface area contributed by atoms with Crippen LogP contribution < -0.4 is 5.32 Å². The molecule has 0 aromatic carbocycles. The van der Waals surface area contributed by atoms with Gasteiger partial charge in [-0.1, -0.05) is 19.3 Å². The maximum atomic E-state index is 12.3. The summed E-state index contributed by atoms with van der Waals surface area (Å²) in [7, 11) is 0. The molecule has 2 atom stereocenters. The van der Waals surface area contributed by atoms with Crippen molar-refractivity contribution in [2.24, 2.45) is 11.8 Å². The standard InChI is InChI=1S/C13H22N2O/c16-13(10-4-2-1-3-5-10)15-8-11-6-7-14-12(11)9-15/h10-12,14H,1-9H2/t11-,12+/m0/s1. The lowest BCUT2D eigenvalue weighted by molar-refractivity contribution is -0.135. The number of nitrogens with zero attached hydrogens (tertiary/aromatic N) is 1. The van der Waals surface area contributed by atoms with Gasteiger partial charge in [0.1, 0.15) is 0 Å². The molecule has 3 nitrogen and oxygen atoms in total. The maximum Gasteiger partial charge on any atom is 0.225 e. The Morgan fingerprint density at radius 1 is 1.06 bits per heavy atom. The highest BCUT2D eigenvalue weighted by Gasteiger charge is 2.39. The van der Waals surface area contributed by atoms with E-state index in [1.54, 1.807) is 0 Å². The van der Waals surface area contributed by atoms with Crippen molar-refractivity contribution in [1.82, 2.24) is 10.2 Å². The zero-order chi connectivity index (χ0) is 11.0. The number of hydrogen-bond acceptors (Lipinski definition) is 2. The minimum atomic E-state index is 0.354. The maximum absolute atomic E-state index is 12.3. The molecule has 1 aliphatic carbocycles. The van der Waals surface area contributed by atoms with Crippen LogP contribution in [0.25, 0.3) is 0 Å². The second kappa shape index (κ2) is 4.36. The molecule has 3 rings (SSSR count). The molecule has 3 fully saturated rings. The number of amides is 1. The topological polar surface area (TPSA) is 32.3 Å². The Bertz CT molecular complexity index is 261. The summed E-state index contributed by atoms with van der Waals surface area (Å²) in [6.07, 6.45) is 7.39. The first-order valence-electron chi connectivity index (χ1n) is 6.87. The van der Waals surface area contributed by atoms with Crippen molar-refractivity contribution in [3.05, 3.63) is 0 Å². The highest BCUT2D eigenvalue weighted by Crippen LogP contribution is 2.30. The fraction of sp³-hybridized carbons (Fsp3) is 0.923. The van der Waals surface area contributed by atoms with E-state index < -0.39 is 0 Å². The summed E-state index contributed by atoms with van der Waals surface area (Å²) in [5.74, 6) is 1.55. The van der Waals surface area contributed by atoms with Gasteiger partial charge in [-0.3, -0.25) is 4.79 Å². The van der Waals surface area contributed by atoms with Gasteiger partial charge in [-0.05, 0) is 31.7 Å². The average Bonchev–Trinajstić information content (AvgIpc) is 2.89. The van der Waals surface area contributed by atoms with Crippen molar-refractivity contribution in [3.63, 3.8) is 0 Å². The normalized spacial score (nSPS) is 35.4. The van der Waals surface area contributed by atoms with E-state index in [1.807, 2.05) is 0 Å². The van der Waals surface area contributed by atoms with Crippen LogP contribution in [0.2, 0.25) is 0 Å². The quantitative estimate of drug-likeness (QED) is 0.727. The number of carbonyl (C=O) groups is 1. The Balaban J connectivity index is 1.59. The third-order valence-corrected chi connectivity index (χ3v) is 4.63. The first-order chi connectivity index (χ1) is 7.84. The van der Waals surface area contributed by atoms with E-state index in [2.05, 4.69) is 10.2 Å². The van der Waals surface area contributed by atoms with Crippen LogP contribution in [0, 0.1) is 11.8 Å². The molecule has 0 aromatic heterocycles. The predicted octanol–water partition coefficient (Wildman–Crippen LogP) is 1.39. The first-order valence-corrected chi connectivity index (χ1v) is 6.87. The van der Waals surface area contributed by atoms with Gasteiger partial charge in [-0.15, -0.1) is 0 Å². The summed E-state index contributed by atoms with van der Waals surface area (Å²) in [6.45, 7) is 3.15. The summed E-state index contributed by atoms with van der Waals surface area (Å²) >= 11 is 0. The Kier molecular flexibility index (Phi) is 2.88. The molecule has 3 heteroatoms. The molecule has 90 valence electrons. The smallest absolute Gasteiger partial charge is 0.225 e. The number of carbonyl (C=O) groups excluding carboxylic acids is 1. The van der Waals surface area contributed by atoms with Gasteiger partial charge in [0.15, 0.2) is 0 Å². The van der Waals surface area contributed by atoms with E-state index in [1.165, 1.54) is 25.7 Å². The Morgan fingerprint density at radius 3 is 2.62 bits per heavy atom. The molecule has 2 saturated heterocycles. The van der Waals surface area contributed by atoms with Crippen molar-refractivity contribution < 1.29 is 4.79 Å². The molecule has 2 aliphatic heterocycles. The van der Waals surface area contributed by atoms with E-state index in [9.17, 15) is 4.79 Å². The first kappa shape index (κ1) is 10.6. The van der Waals surface area contributed by atoms with Crippen LogP contribution in [0.1, 0.15) is 38.5 Å². The minimum Gasteiger partial charge on any atom is -0.341 e. The van der Waals surface area contributed by atoms with Crippen LogP contribution in [0.5, 0.6) is 0 Å². The van der Waals surface area contributed by atoms with Crippen molar-refractivity contribution in [3.8, 4) is 0 Å². The number of nitrogens with one attached hydrogen (secondary N) is 1. The largest absolute Gasteiger partial charge is 0.341 e. The lowest BCUT2D eigenvalue weighted by Gasteiger charge is -2.26. The Hall–Kier alpha value is -0.570. The van der Waals surface area contributed by atoms with Gasteiger partial charge in [-0.25, -0.2) is 0 Å².